The molecule has 0 aliphatic rings. The summed E-state index contributed by atoms with van der Waals surface area (Å²) in [5.41, 5.74) is 0.705. The van der Waals surface area contributed by atoms with Gasteiger partial charge in [0.15, 0.2) is 5.13 Å². The van der Waals surface area contributed by atoms with Gasteiger partial charge in [-0.3, -0.25) is 9.48 Å². The molecule has 2 aromatic heterocycles. The fourth-order valence-corrected chi connectivity index (χ4v) is 2.69. The van der Waals surface area contributed by atoms with Crippen LogP contribution in [0.3, 0.4) is 0 Å². The maximum Gasteiger partial charge on any atom is 0.315 e. The summed E-state index contributed by atoms with van der Waals surface area (Å²) in [6.45, 7) is 4.01. The van der Waals surface area contributed by atoms with E-state index >= 15 is 0 Å². The van der Waals surface area contributed by atoms with E-state index in [0.717, 1.165) is 10.7 Å². The van der Waals surface area contributed by atoms with Gasteiger partial charge in [-0.15, -0.1) is 11.3 Å². The molecule has 0 saturated heterocycles. The number of aromatic nitrogens is 3. The van der Waals surface area contributed by atoms with Crippen LogP contribution in [0.4, 0.5) is 5.13 Å². The van der Waals surface area contributed by atoms with Crippen molar-refractivity contribution in [1.82, 2.24) is 14.8 Å². The van der Waals surface area contributed by atoms with Gasteiger partial charge >= 0.3 is 5.97 Å². The number of hydrogen-bond acceptors (Lipinski definition) is 5. The fraction of sp³-hybridized carbons (Fsp3) is 0.462. The molecular weight excluding hydrogens is 276 g/mol. The molecule has 6 nitrogen and oxygen atoms in total. The second kappa shape index (κ2) is 5.24. The van der Waals surface area contributed by atoms with Crippen LogP contribution in [0.1, 0.15) is 25.1 Å². The number of rotatable bonds is 5. The lowest BCUT2D eigenvalue weighted by Gasteiger charge is -2.17. The maximum atomic E-state index is 11.2. The molecule has 0 aromatic carbocycles. The Kier molecular flexibility index (Phi) is 3.80. The lowest BCUT2D eigenvalue weighted by molar-refractivity contribution is -0.142. The largest absolute Gasteiger partial charge is 0.481 e. The number of carboxylic acid groups (broad SMARTS) is 1. The highest BCUT2D eigenvalue weighted by Gasteiger charge is 2.32. The number of nitrogens with zero attached hydrogens (tertiary/aromatic N) is 4. The molecule has 2 rings (SSSR count). The van der Waals surface area contributed by atoms with Gasteiger partial charge in [-0.2, -0.15) is 5.10 Å². The first-order chi connectivity index (χ1) is 9.30. The van der Waals surface area contributed by atoms with Gasteiger partial charge < -0.3 is 10.0 Å². The van der Waals surface area contributed by atoms with Crippen LogP contribution in [0.5, 0.6) is 0 Å². The molecule has 7 heteroatoms. The molecule has 0 bridgehead atoms. The van der Waals surface area contributed by atoms with Crippen LogP contribution in [-0.2, 0) is 23.8 Å². The van der Waals surface area contributed by atoms with Crippen molar-refractivity contribution in [2.75, 3.05) is 11.9 Å². The van der Waals surface area contributed by atoms with E-state index in [1.165, 1.54) is 11.3 Å². The van der Waals surface area contributed by atoms with E-state index < -0.39 is 11.4 Å². The van der Waals surface area contributed by atoms with Gasteiger partial charge in [-0.25, -0.2) is 4.98 Å². The first kappa shape index (κ1) is 14.5. The Morgan fingerprint density at radius 3 is 2.80 bits per heavy atom. The van der Waals surface area contributed by atoms with Gasteiger partial charge in [0.25, 0.3) is 0 Å². The minimum absolute atomic E-state index is 0.586. The monoisotopic (exact) mass is 294 g/mol. The summed E-state index contributed by atoms with van der Waals surface area (Å²) in [5, 5.41) is 16.0. The third-order valence-electron chi connectivity index (χ3n) is 3.17. The minimum atomic E-state index is -0.968. The van der Waals surface area contributed by atoms with Crippen molar-refractivity contribution in [1.29, 1.82) is 0 Å². The van der Waals surface area contributed by atoms with Crippen LogP contribution in [0.25, 0.3) is 0 Å². The van der Waals surface area contributed by atoms with E-state index in [1.54, 1.807) is 18.5 Å². The second-order valence-electron chi connectivity index (χ2n) is 5.32. The molecule has 0 fully saturated rings. The highest BCUT2D eigenvalue weighted by atomic mass is 32.1. The number of thiazole rings is 1. The number of carbonyl (C=O) groups is 1. The summed E-state index contributed by atoms with van der Waals surface area (Å²) in [5.74, 6) is -0.871. The first-order valence-corrected chi connectivity index (χ1v) is 7.06. The number of anilines is 1. The van der Waals surface area contributed by atoms with E-state index in [4.69, 9.17) is 0 Å². The maximum absolute atomic E-state index is 11.2. The van der Waals surface area contributed by atoms with Gasteiger partial charge in [0.2, 0.25) is 0 Å². The molecule has 0 unspecified atom stereocenters. The summed E-state index contributed by atoms with van der Waals surface area (Å²) >= 11 is 1.45. The average molecular weight is 294 g/mol. The van der Waals surface area contributed by atoms with Crippen molar-refractivity contribution in [2.45, 2.75) is 25.8 Å². The zero-order valence-corrected chi connectivity index (χ0v) is 12.8. The van der Waals surface area contributed by atoms with E-state index in [0.29, 0.717) is 12.2 Å². The normalized spacial score (nSPS) is 11.6. The Morgan fingerprint density at radius 2 is 2.25 bits per heavy atom. The van der Waals surface area contributed by atoms with Crippen molar-refractivity contribution in [3.63, 3.8) is 0 Å². The molecule has 0 aliphatic carbocycles. The van der Waals surface area contributed by atoms with Crippen LogP contribution in [0.15, 0.2) is 17.8 Å². The molecule has 1 N–H and O–H groups in total. The van der Waals surface area contributed by atoms with Gasteiger partial charge in [0, 0.05) is 37.8 Å². The zero-order chi connectivity index (χ0) is 14.9. The predicted octanol–water partition coefficient (Wildman–Crippen LogP) is 1.88. The molecule has 108 valence electrons. The Balaban J connectivity index is 2.14. The Morgan fingerprint density at radius 1 is 1.55 bits per heavy atom. The predicted molar refractivity (Wildman–Crippen MR) is 78.1 cm³/mol. The Bertz CT molecular complexity index is 617. The number of aliphatic carboxylic acids is 1. The lowest BCUT2D eigenvalue weighted by atomic mass is 9.90. The molecule has 20 heavy (non-hydrogen) atoms. The third kappa shape index (κ3) is 2.82. The molecule has 2 heterocycles. The topological polar surface area (TPSA) is 71.2 Å². The van der Waals surface area contributed by atoms with E-state index in [1.807, 2.05) is 36.8 Å². The zero-order valence-electron chi connectivity index (χ0n) is 12.0. The Labute approximate surface area is 121 Å². The summed E-state index contributed by atoms with van der Waals surface area (Å²) in [4.78, 5) is 17.7. The highest BCUT2D eigenvalue weighted by molar-refractivity contribution is 7.13. The molecule has 0 saturated carbocycles. The Hall–Kier alpha value is -1.89. The van der Waals surface area contributed by atoms with Crippen LogP contribution < -0.4 is 4.90 Å². The van der Waals surface area contributed by atoms with Crippen molar-refractivity contribution in [3.05, 3.63) is 29.0 Å². The van der Waals surface area contributed by atoms with Gasteiger partial charge in [-0.05, 0) is 13.8 Å². The smallest absolute Gasteiger partial charge is 0.315 e. The van der Waals surface area contributed by atoms with Crippen LogP contribution >= 0.6 is 11.3 Å². The molecular formula is C13H18N4O2S. The van der Waals surface area contributed by atoms with Crippen LogP contribution in [0, 0.1) is 0 Å². The third-order valence-corrected chi connectivity index (χ3v) is 4.13. The van der Waals surface area contributed by atoms with Crippen LogP contribution in [0.2, 0.25) is 0 Å². The molecule has 2 aromatic rings. The summed E-state index contributed by atoms with van der Waals surface area (Å²) in [6.07, 6.45) is 3.76. The molecule has 0 amide bonds. The molecule has 0 radical (unpaired) electrons. The average Bonchev–Trinajstić information content (AvgIpc) is 2.98. The van der Waals surface area contributed by atoms with E-state index in [9.17, 15) is 9.90 Å². The lowest BCUT2D eigenvalue weighted by Crippen LogP contribution is -2.29. The summed E-state index contributed by atoms with van der Waals surface area (Å²) < 4.78 is 1.75. The second-order valence-corrected chi connectivity index (χ2v) is 6.16. The van der Waals surface area contributed by atoms with Crippen LogP contribution in [-0.4, -0.2) is 32.9 Å². The number of carboxylic acids is 1. The molecule has 0 aliphatic heterocycles. The number of hydrogen-bond donors (Lipinski definition) is 1. The molecule has 0 atom stereocenters. The van der Waals surface area contributed by atoms with Gasteiger partial charge in [0.1, 0.15) is 5.41 Å². The number of aryl methyl sites for hydroxylation is 1. The van der Waals surface area contributed by atoms with Gasteiger partial charge in [0.05, 0.1) is 11.9 Å². The SMILES string of the molecule is CN(Cc1cnn(C)c1)c1nc(C(C)(C)C(=O)O)cs1. The van der Waals surface area contributed by atoms with Gasteiger partial charge in [-0.1, -0.05) is 0 Å². The summed E-state index contributed by atoms with van der Waals surface area (Å²) in [7, 11) is 3.81. The first-order valence-electron chi connectivity index (χ1n) is 6.19. The van der Waals surface area contributed by atoms with Crippen molar-refractivity contribution in [2.24, 2.45) is 7.05 Å². The standard InChI is InChI=1S/C13H18N4O2S/c1-13(2,11(18)19)10-8-20-12(15-10)16(3)6-9-5-14-17(4)7-9/h5,7-8H,6H2,1-4H3,(H,18,19). The van der Waals surface area contributed by atoms with Crippen molar-refractivity contribution in [3.8, 4) is 0 Å². The minimum Gasteiger partial charge on any atom is -0.481 e. The molecule has 0 spiro atoms. The quantitative estimate of drug-likeness (QED) is 0.911. The van der Waals surface area contributed by atoms with E-state index in [2.05, 4.69) is 10.1 Å². The summed E-state index contributed by atoms with van der Waals surface area (Å²) in [6, 6.07) is 0. The highest BCUT2D eigenvalue weighted by Crippen LogP contribution is 2.29. The van der Waals surface area contributed by atoms with Crippen molar-refractivity contribution < 1.29 is 9.90 Å². The van der Waals surface area contributed by atoms with Crippen molar-refractivity contribution >= 4 is 22.4 Å². The fourth-order valence-electron chi connectivity index (χ4n) is 1.73. The van der Waals surface area contributed by atoms with E-state index in [-0.39, 0.29) is 0 Å².